The first-order chi connectivity index (χ1) is 9.24. The van der Waals surface area contributed by atoms with Gasteiger partial charge in [0, 0.05) is 24.0 Å². The van der Waals surface area contributed by atoms with Crippen LogP contribution in [0.2, 0.25) is 0 Å². The average molecular weight is 255 g/mol. The van der Waals surface area contributed by atoms with Crippen LogP contribution in [0.15, 0.2) is 36.7 Å². The van der Waals surface area contributed by atoms with Crippen molar-refractivity contribution in [3.63, 3.8) is 0 Å². The van der Waals surface area contributed by atoms with Crippen LogP contribution in [0, 0.1) is 6.92 Å². The van der Waals surface area contributed by atoms with Gasteiger partial charge in [-0.1, -0.05) is 18.2 Å². The number of para-hydroxylation sites is 1. The van der Waals surface area contributed by atoms with Crippen molar-refractivity contribution in [2.45, 2.75) is 32.2 Å². The zero-order valence-electron chi connectivity index (χ0n) is 11.0. The molecule has 0 unspecified atom stereocenters. The van der Waals surface area contributed by atoms with E-state index in [2.05, 4.69) is 10.3 Å². The third-order valence-electron chi connectivity index (χ3n) is 3.42. The fraction of sp³-hybridized carbons (Fsp3) is 0.333. The number of hydrogen-bond acceptors (Lipinski definition) is 2. The molecule has 0 bridgehead atoms. The van der Waals surface area contributed by atoms with Crippen LogP contribution < -0.4 is 5.32 Å². The fourth-order valence-corrected chi connectivity index (χ4v) is 2.21. The first-order valence-corrected chi connectivity index (χ1v) is 6.60. The van der Waals surface area contributed by atoms with Crippen molar-refractivity contribution in [3.05, 3.63) is 48.0 Å². The van der Waals surface area contributed by atoms with E-state index in [1.807, 2.05) is 42.0 Å². The van der Waals surface area contributed by atoms with Gasteiger partial charge < -0.3 is 9.88 Å². The Morgan fingerprint density at radius 2 is 2.21 bits per heavy atom. The number of anilines is 1. The van der Waals surface area contributed by atoms with E-state index >= 15 is 0 Å². The van der Waals surface area contributed by atoms with Crippen molar-refractivity contribution in [1.82, 2.24) is 9.55 Å². The number of aryl methyl sites for hydroxylation is 1. The molecule has 1 saturated carbocycles. The summed E-state index contributed by atoms with van der Waals surface area (Å²) in [5.74, 6) is 1.59. The largest absolute Gasteiger partial charge is 0.325 e. The monoisotopic (exact) mass is 255 g/mol. The van der Waals surface area contributed by atoms with Gasteiger partial charge in [0.25, 0.3) is 0 Å². The number of rotatable bonds is 4. The van der Waals surface area contributed by atoms with Gasteiger partial charge in [-0.3, -0.25) is 4.79 Å². The number of carbonyl (C=O) groups excluding carboxylic acids is 1. The van der Waals surface area contributed by atoms with E-state index in [9.17, 15) is 4.79 Å². The Kier molecular flexibility index (Phi) is 3.07. The van der Waals surface area contributed by atoms with Crippen LogP contribution in [0.3, 0.4) is 0 Å². The SMILES string of the molecule is Cc1ccccc1NC(=O)Cn1ccnc1C1CC1. The lowest BCUT2D eigenvalue weighted by Gasteiger charge is -2.10. The molecule has 2 aromatic rings. The molecule has 0 saturated heterocycles. The second-order valence-corrected chi connectivity index (χ2v) is 5.05. The van der Waals surface area contributed by atoms with Crippen molar-refractivity contribution in [3.8, 4) is 0 Å². The zero-order chi connectivity index (χ0) is 13.2. The molecule has 0 radical (unpaired) electrons. The molecule has 1 aromatic carbocycles. The Hall–Kier alpha value is -2.10. The van der Waals surface area contributed by atoms with Gasteiger partial charge in [0.2, 0.25) is 5.91 Å². The maximum atomic E-state index is 12.1. The molecule has 4 nitrogen and oxygen atoms in total. The maximum absolute atomic E-state index is 12.1. The Morgan fingerprint density at radius 3 is 2.95 bits per heavy atom. The highest BCUT2D eigenvalue weighted by atomic mass is 16.1. The van der Waals surface area contributed by atoms with Crippen LogP contribution in [-0.2, 0) is 11.3 Å². The van der Waals surface area contributed by atoms with Crippen LogP contribution in [0.1, 0.15) is 30.1 Å². The standard InChI is InChI=1S/C15H17N3O/c1-11-4-2-3-5-13(11)17-14(19)10-18-9-8-16-15(18)12-6-7-12/h2-5,8-9,12H,6-7,10H2,1H3,(H,17,19). The van der Waals surface area contributed by atoms with Crippen LogP contribution in [-0.4, -0.2) is 15.5 Å². The van der Waals surface area contributed by atoms with Crippen molar-refractivity contribution in [1.29, 1.82) is 0 Å². The molecule has 1 aromatic heterocycles. The summed E-state index contributed by atoms with van der Waals surface area (Å²) in [5.41, 5.74) is 1.95. The van der Waals surface area contributed by atoms with E-state index in [1.165, 1.54) is 12.8 Å². The summed E-state index contributed by atoms with van der Waals surface area (Å²) in [7, 11) is 0. The molecule has 1 aliphatic carbocycles. The molecule has 1 fully saturated rings. The van der Waals surface area contributed by atoms with Crippen molar-refractivity contribution in [2.24, 2.45) is 0 Å². The number of imidazole rings is 1. The lowest BCUT2D eigenvalue weighted by atomic mass is 10.2. The van der Waals surface area contributed by atoms with Gasteiger partial charge in [-0.15, -0.1) is 0 Å². The third-order valence-corrected chi connectivity index (χ3v) is 3.42. The minimum atomic E-state index is -0.00537. The minimum Gasteiger partial charge on any atom is -0.325 e. The number of nitrogens with zero attached hydrogens (tertiary/aromatic N) is 2. The smallest absolute Gasteiger partial charge is 0.244 e. The van der Waals surface area contributed by atoms with Crippen molar-refractivity contribution >= 4 is 11.6 Å². The lowest BCUT2D eigenvalue weighted by molar-refractivity contribution is -0.116. The van der Waals surface area contributed by atoms with Crippen LogP contribution in [0.25, 0.3) is 0 Å². The number of nitrogens with one attached hydrogen (secondary N) is 1. The van der Waals surface area contributed by atoms with Crippen LogP contribution in [0.4, 0.5) is 5.69 Å². The molecule has 19 heavy (non-hydrogen) atoms. The third kappa shape index (κ3) is 2.67. The van der Waals surface area contributed by atoms with Gasteiger partial charge in [-0.2, -0.15) is 0 Å². The van der Waals surface area contributed by atoms with E-state index in [0.29, 0.717) is 12.5 Å². The average Bonchev–Trinajstić information content (AvgIpc) is 3.13. The minimum absolute atomic E-state index is 0.00537. The molecule has 0 aliphatic heterocycles. The molecular formula is C15H17N3O. The molecule has 98 valence electrons. The lowest BCUT2D eigenvalue weighted by Crippen LogP contribution is -2.20. The molecule has 3 rings (SSSR count). The number of carbonyl (C=O) groups is 1. The highest BCUT2D eigenvalue weighted by Crippen LogP contribution is 2.38. The summed E-state index contributed by atoms with van der Waals surface area (Å²) in [6.45, 7) is 2.32. The van der Waals surface area contributed by atoms with Gasteiger partial charge in [-0.25, -0.2) is 4.98 Å². The Bertz CT molecular complexity index is 599. The van der Waals surface area contributed by atoms with E-state index in [1.54, 1.807) is 6.20 Å². The number of aromatic nitrogens is 2. The van der Waals surface area contributed by atoms with Crippen LogP contribution in [0.5, 0.6) is 0 Å². The van der Waals surface area contributed by atoms with E-state index in [-0.39, 0.29) is 5.91 Å². The highest BCUT2D eigenvalue weighted by molar-refractivity contribution is 5.91. The molecule has 1 aliphatic rings. The topological polar surface area (TPSA) is 46.9 Å². The molecule has 0 atom stereocenters. The normalized spacial score (nSPS) is 14.4. The van der Waals surface area contributed by atoms with Gasteiger partial charge >= 0.3 is 0 Å². The first-order valence-electron chi connectivity index (χ1n) is 6.60. The predicted octanol–water partition coefficient (Wildman–Crippen LogP) is 2.71. The summed E-state index contributed by atoms with van der Waals surface area (Å²) in [6, 6.07) is 7.80. The summed E-state index contributed by atoms with van der Waals surface area (Å²) in [4.78, 5) is 16.4. The summed E-state index contributed by atoms with van der Waals surface area (Å²) in [6.07, 6.45) is 6.03. The first kappa shape index (κ1) is 12.0. The second kappa shape index (κ2) is 4.88. The predicted molar refractivity (Wildman–Crippen MR) is 74.0 cm³/mol. The van der Waals surface area contributed by atoms with Gasteiger partial charge in [-0.05, 0) is 31.4 Å². The molecule has 0 spiro atoms. The summed E-state index contributed by atoms with van der Waals surface area (Å²) >= 11 is 0. The summed E-state index contributed by atoms with van der Waals surface area (Å²) in [5, 5.41) is 2.95. The number of amides is 1. The molecular weight excluding hydrogens is 238 g/mol. The molecule has 4 heteroatoms. The molecule has 1 N–H and O–H groups in total. The second-order valence-electron chi connectivity index (χ2n) is 5.05. The molecule has 1 heterocycles. The zero-order valence-corrected chi connectivity index (χ0v) is 11.0. The molecule has 1 amide bonds. The maximum Gasteiger partial charge on any atom is 0.244 e. The van der Waals surface area contributed by atoms with Gasteiger partial charge in [0.05, 0.1) is 0 Å². The summed E-state index contributed by atoms with van der Waals surface area (Å²) < 4.78 is 1.95. The van der Waals surface area contributed by atoms with Crippen LogP contribution >= 0.6 is 0 Å². The fourth-order valence-electron chi connectivity index (χ4n) is 2.21. The van der Waals surface area contributed by atoms with E-state index < -0.39 is 0 Å². The quantitative estimate of drug-likeness (QED) is 0.913. The Morgan fingerprint density at radius 1 is 1.42 bits per heavy atom. The highest BCUT2D eigenvalue weighted by Gasteiger charge is 2.28. The van der Waals surface area contributed by atoms with E-state index in [4.69, 9.17) is 0 Å². The van der Waals surface area contributed by atoms with Crippen molar-refractivity contribution < 1.29 is 4.79 Å². The van der Waals surface area contributed by atoms with Gasteiger partial charge in [0.1, 0.15) is 12.4 Å². The number of benzene rings is 1. The van der Waals surface area contributed by atoms with Gasteiger partial charge in [0.15, 0.2) is 0 Å². The van der Waals surface area contributed by atoms with E-state index in [0.717, 1.165) is 17.1 Å². The Balaban J connectivity index is 1.68. The Labute approximate surface area is 112 Å². The number of hydrogen-bond donors (Lipinski definition) is 1. The van der Waals surface area contributed by atoms with Crippen molar-refractivity contribution in [2.75, 3.05) is 5.32 Å².